The maximum absolute atomic E-state index is 6.00. The molecule has 3 fully saturated rings. The van der Waals surface area contributed by atoms with Gasteiger partial charge in [0.05, 0.1) is 0 Å². The average Bonchev–Trinajstić information content (AvgIpc) is 2.54. The Hall–Kier alpha value is -1.26. The lowest BCUT2D eigenvalue weighted by Gasteiger charge is -2.45. The highest BCUT2D eigenvalue weighted by molar-refractivity contribution is 5.40. The number of fused-ring (bicyclic) bond motifs is 4. The lowest BCUT2D eigenvalue weighted by molar-refractivity contribution is 0.0520. The van der Waals surface area contributed by atoms with Crippen molar-refractivity contribution < 1.29 is 9.47 Å². The lowest BCUT2D eigenvalue weighted by Crippen LogP contribution is -2.57. The van der Waals surface area contributed by atoms with E-state index < -0.39 is 0 Å². The molecule has 4 nitrogen and oxygen atoms in total. The highest BCUT2D eigenvalue weighted by Gasteiger charge is 2.34. The number of benzene rings is 1. The summed E-state index contributed by atoms with van der Waals surface area (Å²) in [6, 6.07) is 8.56. The fourth-order valence-electron chi connectivity index (χ4n) is 3.64. The van der Waals surface area contributed by atoms with Crippen molar-refractivity contribution in [2.24, 2.45) is 5.92 Å². The van der Waals surface area contributed by atoms with E-state index >= 15 is 0 Å². The van der Waals surface area contributed by atoms with Gasteiger partial charge in [-0.15, -0.1) is 0 Å². The van der Waals surface area contributed by atoms with Gasteiger partial charge in [0.15, 0.2) is 11.5 Å². The third-order valence-corrected chi connectivity index (χ3v) is 4.83. The Morgan fingerprint density at radius 1 is 1.15 bits per heavy atom. The van der Waals surface area contributed by atoms with E-state index in [-0.39, 0.29) is 6.10 Å². The fraction of sp³-hybridized carbons (Fsp3) is 0.625. The number of piperidine rings is 3. The van der Waals surface area contributed by atoms with Gasteiger partial charge in [0.1, 0.15) is 12.7 Å². The predicted octanol–water partition coefficient (Wildman–Crippen LogP) is 1.51. The summed E-state index contributed by atoms with van der Waals surface area (Å²) >= 11 is 0. The molecule has 0 radical (unpaired) electrons. The molecule has 5 rings (SSSR count). The zero-order valence-corrected chi connectivity index (χ0v) is 11.8. The number of hydrogen-bond acceptors (Lipinski definition) is 4. The van der Waals surface area contributed by atoms with Crippen LogP contribution in [0.25, 0.3) is 0 Å². The van der Waals surface area contributed by atoms with Crippen molar-refractivity contribution in [3.63, 3.8) is 0 Å². The minimum absolute atomic E-state index is 0.125. The molecule has 1 aromatic rings. The molecule has 0 spiro atoms. The standard InChI is InChI=1S/C16H22N2O2/c1-2-4-16-15(3-1)19-11-13(20-16)9-17-14-10-18-7-5-12(14)6-8-18/h1-4,12-14,17H,5-11H2. The molecule has 2 unspecified atom stereocenters. The Morgan fingerprint density at radius 3 is 2.70 bits per heavy atom. The number of ether oxygens (including phenoxy) is 2. The van der Waals surface area contributed by atoms with Crippen molar-refractivity contribution in [3.05, 3.63) is 24.3 Å². The van der Waals surface area contributed by atoms with Gasteiger partial charge in [-0.25, -0.2) is 0 Å². The predicted molar refractivity (Wildman–Crippen MR) is 77.3 cm³/mol. The minimum atomic E-state index is 0.125. The van der Waals surface area contributed by atoms with Crippen molar-refractivity contribution in [1.82, 2.24) is 10.2 Å². The molecule has 1 aromatic carbocycles. The minimum Gasteiger partial charge on any atom is -0.486 e. The number of nitrogens with one attached hydrogen (secondary N) is 1. The summed E-state index contributed by atoms with van der Waals surface area (Å²) in [5.74, 6) is 2.60. The first-order chi connectivity index (χ1) is 9.88. The second-order valence-electron chi connectivity index (χ2n) is 6.15. The van der Waals surface area contributed by atoms with E-state index in [2.05, 4.69) is 10.2 Å². The van der Waals surface area contributed by atoms with Crippen molar-refractivity contribution in [1.29, 1.82) is 0 Å². The van der Waals surface area contributed by atoms with E-state index in [1.165, 1.54) is 32.5 Å². The van der Waals surface area contributed by atoms with E-state index in [9.17, 15) is 0 Å². The number of para-hydroxylation sites is 2. The largest absolute Gasteiger partial charge is 0.486 e. The Kier molecular flexibility index (Phi) is 3.28. The van der Waals surface area contributed by atoms with E-state index in [1.54, 1.807) is 0 Å². The normalized spacial score (nSPS) is 35.0. The van der Waals surface area contributed by atoms with Gasteiger partial charge in [-0.1, -0.05) is 12.1 Å². The molecule has 20 heavy (non-hydrogen) atoms. The summed E-state index contributed by atoms with van der Waals surface area (Å²) in [6.07, 6.45) is 2.82. The topological polar surface area (TPSA) is 33.7 Å². The molecule has 2 bridgehead atoms. The first kappa shape index (κ1) is 12.5. The van der Waals surface area contributed by atoms with Crippen molar-refractivity contribution in [3.8, 4) is 11.5 Å². The van der Waals surface area contributed by atoms with Gasteiger partial charge < -0.3 is 19.7 Å². The van der Waals surface area contributed by atoms with Gasteiger partial charge in [0.25, 0.3) is 0 Å². The molecule has 4 heteroatoms. The Labute approximate surface area is 120 Å². The van der Waals surface area contributed by atoms with Crippen LogP contribution < -0.4 is 14.8 Å². The van der Waals surface area contributed by atoms with Crippen LogP contribution in [0.2, 0.25) is 0 Å². The van der Waals surface area contributed by atoms with Crippen LogP contribution in [0.3, 0.4) is 0 Å². The average molecular weight is 274 g/mol. The molecule has 108 valence electrons. The molecule has 1 N–H and O–H groups in total. The molecule has 4 heterocycles. The summed E-state index contributed by atoms with van der Waals surface area (Å²) in [5, 5.41) is 3.71. The second kappa shape index (κ2) is 5.26. The molecule has 3 saturated heterocycles. The molecular formula is C16H22N2O2. The number of rotatable bonds is 3. The fourth-order valence-corrected chi connectivity index (χ4v) is 3.64. The van der Waals surface area contributed by atoms with Gasteiger partial charge in [0, 0.05) is 19.1 Å². The van der Waals surface area contributed by atoms with Crippen LogP contribution in [-0.4, -0.2) is 49.8 Å². The van der Waals surface area contributed by atoms with Gasteiger partial charge >= 0.3 is 0 Å². The smallest absolute Gasteiger partial charge is 0.161 e. The van der Waals surface area contributed by atoms with Crippen LogP contribution in [0.4, 0.5) is 0 Å². The first-order valence-corrected chi connectivity index (χ1v) is 7.73. The molecule has 4 aliphatic rings. The molecule has 0 aromatic heterocycles. The third kappa shape index (κ3) is 2.38. The van der Waals surface area contributed by atoms with E-state index in [4.69, 9.17) is 9.47 Å². The van der Waals surface area contributed by atoms with E-state index in [1.807, 2.05) is 24.3 Å². The maximum atomic E-state index is 6.00. The molecule has 4 aliphatic heterocycles. The summed E-state index contributed by atoms with van der Waals surface area (Å²) in [6.45, 7) is 5.31. The third-order valence-electron chi connectivity index (χ3n) is 4.83. The number of nitrogens with zero attached hydrogens (tertiary/aromatic N) is 1. The maximum Gasteiger partial charge on any atom is 0.161 e. The van der Waals surface area contributed by atoms with E-state index in [0.717, 1.165) is 24.0 Å². The van der Waals surface area contributed by atoms with Crippen molar-refractivity contribution in [2.75, 3.05) is 32.8 Å². The van der Waals surface area contributed by atoms with Gasteiger partial charge in [0.2, 0.25) is 0 Å². The van der Waals surface area contributed by atoms with E-state index in [0.29, 0.717) is 12.6 Å². The summed E-state index contributed by atoms with van der Waals surface area (Å²) < 4.78 is 11.8. The number of hydrogen-bond donors (Lipinski definition) is 1. The quantitative estimate of drug-likeness (QED) is 0.906. The molecular weight excluding hydrogens is 252 g/mol. The summed E-state index contributed by atoms with van der Waals surface area (Å²) in [4.78, 5) is 2.57. The van der Waals surface area contributed by atoms with Crippen LogP contribution in [-0.2, 0) is 0 Å². The van der Waals surface area contributed by atoms with Gasteiger partial charge in [-0.3, -0.25) is 0 Å². The van der Waals surface area contributed by atoms with Crippen LogP contribution in [0.1, 0.15) is 12.8 Å². The highest BCUT2D eigenvalue weighted by Crippen LogP contribution is 2.31. The zero-order valence-electron chi connectivity index (χ0n) is 11.8. The van der Waals surface area contributed by atoms with Crippen LogP contribution in [0, 0.1) is 5.92 Å². The van der Waals surface area contributed by atoms with Crippen molar-refractivity contribution >= 4 is 0 Å². The van der Waals surface area contributed by atoms with Gasteiger partial charge in [-0.05, 0) is 44.0 Å². The molecule has 2 atom stereocenters. The van der Waals surface area contributed by atoms with Crippen LogP contribution >= 0.6 is 0 Å². The SMILES string of the molecule is c1ccc2c(c1)OCC(CNC1CN3CCC1CC3)O2. The Bertz CT molecular complexity index is 471. The van der Waals surface area contributed by atoms with Crippen LogP contribution in [0.15, 0.2) is 24.3 Å². The second-order valence-corrected chi connectivity index (χ2v) is 6.15. The van der Waals surface area contributed by atoms with Crippen molar-refractivity contribution in [2.45, 2.75) is 25.0 Å². The molecule has 0 aliphatic carbocycles. The summed E-state index contributed by atoms with van der Waals surface area (Å²) in [7, 11) is 0. The first-order valence-electron chi connectivity index (χ1n) is 7.73. The Morgan fingerprint density at radius 2 is 1.95 bits per heavy atom. The Balaban J connectivity index is 1.33. The zero-order chi connectivity index (χ0) is 13.4. The lowest BCUT2D eigenvalue weighted by atomic mass is 9.84. The summed E-state index contributed by atoms with van der Waals surface area (Å²) in [5.41, 5.74) is 0. The highest BCUT2D eigenvalue weighted by atomic mass is 16.6. The monoisotopic (exact) mass is 274 g/mol. The van der Waals surface area contributed by atoms with Crippen LogP contribution in [0.5, 0.6) is 11.5 Å². The molecule has 0 amide bonds. The van der Waals surface area contributed by atoms with Gasteiger partial charge in [-0.2, -0.15) is 0 Å². The molecule has 0 saturated carbocycles.